The molecule has 0 rings (SSSR count). The Morgan fingerprint density at radius 3 is 1.58 bits per heavy atom. The fourth-order valence-electron chi connectivity index (χ4n) is 6.96. The number of carbonyl (C=O) groups is 2. The van der Waals surface area contributed by atoms with Gasteiger partial charge in [0.2, 0.25) is 5.91 Å². The molecule has 57 heavy (non-hydrogen) atoms. The van der Waals surface area contributed by atoms with Crippen molar-refractivity contribution in [2.24, 2.45) is 0 Å². The summed E-state index contributed by atoms with van der Waals surface area (Å²) in [5, 5.41) is 23.7. The van der Waals surface area contributed by atoms with Crippen LogP contribution in [0.2, 0.25) is 0 Å². The highest BCUT2D eigenvalue weighted by atomic mass is 16.5. The molecule has 3 N–H and O–H groups in total. The van der Waals surface area contributed by atoms with Crippen LogP contribution in [0.5, 0.6) is 0 Å². The zero-order chi connectivity index (χ0) is 41.7. The van der Waals surface area contributed by atoms with E-state index in [0.717, 1.165) is 109 Å². The quantitative estimate of drug-likeness (QED) is 0.0247. The molecule has 0 aliphatic rings. The maximum absolute atomic E-state index is 13.1. The summed E-state index contributed by atoms with van der Waals surface area (Å²) >= 11 is 0. The summed E-state index contributed by atoms with van der Waals surface area (Å²) in [6.07, 6.45) is 54.2. The van der Waals surface area contributed by atoms with Crippen molar-refractivity contribution < 1.29 is 24.5 Å². The van der Waals surface area contributed by atoms with Gasteiger partial charge in [0, 0.05) is 6.42 Å². The molecule has 0 aliphatic carbocycles. The van der Waals surface area contributed by atoms with E-state index in [0.29, 0.717) is 19.3 Å². The van der Waals surface area contributed by atoms with Gasteiger partial charge >= 0.3 is 5.97 Å². The van der Waals surface area contributed by atoms with Crippen LogP contribution < -0.4 is 5.32 Å². The Hall–Kier alpha value is -2.44. The lowest BCUT2D eigenvalue weighted by atomic mass is 10.0. The minimum Gasteiger partial charge on any atom is -0.462 e. The number of hydrogen-bond acceptors (Lipinski definition) is 5. The van der Waals surface area contributed by atoms with Crippen molar-refractivity contribution >= 4 is 11.9 Å². The predicted octanol–water partition coefficient (Wildman–Crippen LogP) is 14.1. The van der Waals surface area contributed by atoms with Gasteiger partial charge in [0.15, 0.2) is 0 Å². The molecule has 6 nitrogen and oxygen atoms in total. The molecular formula is C51H91NO5. The summed E-state index contributed by atoms with van der Waals surface area (Å²) in [6, 6.07) is -0.713. The van der Waals surface area contributed by atoms with Gasteiger partial charge in [-0.2, -0.15) is 0 Å². The molecule has 1 amide bonds. The Morgan fingerprint density at radius 1 is 0.544 bits per heavy atom. The van der Waals surface area contributed by atoms with E-state index in [1.807, 2.05) is 0 Å². The van der Waals surface area contributed by atoms with Crippen molar-refractivity contribution in [2.75, 3.05) is 6.61 Å². The van der Waals surface area contributed by atoms with Crippen molar-refractivity contribution in [2.45, 2.75) is 244 Å². The number of ether oxygens (including phenoxy) is 1. The van der Waals surface area contributed by atoms with Gasteiger partial charge in [-0.3, -0.25) is 9.59 Å². The molecule has 330 valence electrons. The first-order valence-corrected chi connectivity index (χ1v) is 24.0. The molecule has 3 unspecified atom stereocenters. The Kier molecular flexibility index (Phi) is 42.7. The largest absolute Gasteiger partial charge is 0.462 e. The van der Waals surface area contributed by atoms with Gasteiger partial charge in [-0.25, -0.2) is 0 Å². The van der Waals surface area contributed by atoms with E-state index >= 15 is 0 Å². The molecular weight excluding hydrogens is 707 g/mol. The number of aliphatic hydroxyl groups is 2. The maximum Gasteiger partial charge on any atom is 0.306 e. The number of amides is 1. The second-order valence-corrected chi connectivity index (χ2v) is 16.2. The van der Waals surface area contributed by atoms with Gasteiger partial charge in [0.25, 0.3) is 0 Å². The fourth-order valence-corrected chi connectivity index (χ4v) is 6.96. The summed E-state index contributed by atoms with van der Waals surface area (Å²) in [5.74, 6) is -0.522. The summed E-state index contributed by atoms with van der Waals surface area (Å²) in [5.41, 5.74) is 0. The number of nitrogens with one attached hydrogen (secondary N) is 1. The molecule has 0 aromatic carbocycles. The van der Waals surface area contributed by atoms with Crippen molar-refractivity contribution in [3.63, 3.8) is 0 Å². The van der Waals surface area contributed by atoms with Gasteiger partial charge in [-0.05, 0) is 83.5 Å². The minimum atomic E-state index is -0.797. The molecule has 0 fully saturated rings. The van der Waals surface area contributed by atoms with Gasteiger partial charge in [0.1, 0.15) is 6.10 Å². The SMILES string of the molecule is CC/C=C/C/C=C/C/C=C/CCCCCCC(=O)OC(CCCCCC/C=C/C=C/CCCCC)CC(=O)NC(CO)C(O)CCCCCCCCCCCCC. The van der Waals surface area contributed by atoms with Crippen LogP contribution in [0.3, 0.4) is 0 Å². The zero-order valence-corrected chi connectivity index (χ0v) is 37.5. The van der Waals surface area contributed by atoms with Crippen LogP contribution in [-0.2, 0) is 14.3 Å². The maximum atomic E-state index is 13.1. The molecule has 0 bridgehead atoms. The monoisotopic (exact) mass is 798 g/mol. The van der Waals surface area contributed by atoms with Gasteiger partial charge in [0.05, 0.1) is 25.2 Å². The first kappa shape index (κ1) is 54.6. The Bertz CT molecular complexity index is 1030. The van der Waals surface area contributed by atoms with Crippen LogP contribution >= 0.6 is 0 Å². The third-order valence-corrected chi connectivity index (χ3v) is 10.6. The number of carbonyl (C=O) groups excluding carboxylic acids is 2. The number of hydrogen-bond donors (Lipinski definition) is 3. The molecule has 0 aliphatic heterocycles. The van der Waals surface area contributed by atoms with Gasteiger partial charge < -0.3 is 20.3 Å². The summed E-state index contributed by atoms with van der Waals surface area (Å²) in [4.78, 5) is 26.0. The number of esters is 1. The Morgan fingerprint density at radius 2 is 1.00 bits per heavy atom. The molecule has 0 aromatic heterocycles. The highest BCUT2D eigenvalue weighted by Crippen LogP contribution is 2.17. The molecule has 0 heterocycles. The predicted molar refractivity (Wildman–Crippen MR) is 245 cm³/mol. The first-order valence-electron chi connectivity index (χ1n) is 24.0. The Labute approximate surface area is 352 Å². The number of unbranched alkanes of at least 4 members (excludes halogenated alkanes) is 21. The van der Waals surface area contributed by atoms with E-state index in [9.17, 15) is 19.8 Å². The standard InChI is InChI=1S/C51H91NO5/c1-4-7-10-13-16-19-22-24-26-29-32-35-38-41-44-51(56)57-47(42-39-36-33-30-28-25-23-20-17-14-11-8-5-2)45-50(55)52-48(46-53)49(54)43-40-37-34-31-27-21-18-15-12-9-6-3/h7,10,16-17,19-20,23-26,47-49,53-54H,4-6,8-9,11-15,18,21-22,27-46H2,1-3H3,(H,52,55)/b10-7+,19-16+,20-17+,25-23+,26-24+. The van der Waals surface area contributed by atoms with Crippen LogP contribution in [0, 0.1) is 0 Å². The molecule has 0 spiro atoms. The lowest BCUT2D eigenvalue weighted by molar-refractivity contribution is -0.151. The third kappa shape index (κ3) is 40.1. The number of aliphatic hydroxyl groups excluding tert-OH is 2. The second-order valence-electron chi connectivity index (χ2n) is 16.2. The lowest BCUT2D eigenvalue weighted by Gasteiger charge is -2.24. The molecule has 3 atom stereocenters. The summed E-state index contributed by atoms with van der Waals surface area (Å²) in [7, 11) is 0. The van der Waals surface area contributed by atoms with Crippen molar-refractivity contribution in [1.82, 2.24) is 5.32 Å². The third-order valence-electron chi connectivity index (χ3n) is 10.6. The van der Waals surface area contributed by atoms with Crippen LogP contribution in [0.15, 0.2) is 60.8 Å². The fraction of sp³-hybridized carbons (Fsp3) is 0.765. The average molecular weight is 798 g/mol. The molecule has 0 saturated heterocycles. The van der Waals surface area contributed by atoms with E-state index in [1.54, 1.807) is 0 Å². The Balaban J connectivity index is 4.67. The van der Waals surface area contributed by atoms with E-state index in [1.165, 1.54) is 70.6 Å². The summed E-state index contributed by atoms with van der Waals surface area (Å²) in [6.45, 7) is 6.31. The van der Waals surface area contributed by atoms with Crippen molar-refractivity contribution in [3.8, 4) is 0 Å². The zero-order valence-electron chi connectivity index (χ0n) is 37.5. The smallest absolute Gasteiger partial charge is 0.306 e. The lowest BCUT2D eigenvalue weighted by Crippen LogP contribution is -2.46. The summed E-state index contributed by atoms with van der Waals surface area (Å²) < 4.78 is 5.90. The number of rotatable bonds is 42. The van der Waals surface area contributed by atoms with Crippen LogP contribution in [0.25, 0.3) is 0 Å². The van der Waals surface area contributed by atoms with Crippen LogP contribution in [0.1, 0.15) is 226 Å². The molecule has 0 radical (unpaired) electrons. The molecule has 0 aromatic rings. The van der Waals surface area contributed by atoms with Crippen LogP contribution in [0.4, 0.5) is 0 Å². The number of allylic oxidation sites excluding steroid dienone is 10. The van der Waals surface area contributed by atoms with E-state index < -0.39 is 18.2 Å². The van der Waals surface area contributed by atoms with Gasteiger partial charge in [-0.15, -0.1) is 0 Å². The molecule has 6 heteroatoms. The highest BCUT2D eigenvalue weighted by molar-refractivity contribution is 5.77. The molecule has 0 saturated carbocycles. The van der Waals surface area contributed by atoms with E-state index in [4.69, 9.17) is 4.74 Å². The topological polar surface area (TPSA) is 95.9 Å². The van der Waals surface area contributed by atoms with Gasteiger partial charge in [-0.1, -0.05) is 191 Å². The highest BCUT2D eigenvalue weighted by Gasteiger charge is 2.24. The van der Waals surface area contributed by atoms with E-state index in [2.05, 4.69) is 86.8 Å². The minimum absolute atomic E-state index is 0.0533. The first-order chi connectivity index (χ1) is 28.0. The van der Waals surface area contributed by atoms with Crippen molar-refractivity contribution in [3.05, 3.63) is 60.8 Å². The average Bonchev–Trinajstić information content (AvgIpc) is 3.20. The van der Waals surface area contributed by atoms with Crippen LogP contribution in [-0.4, -0.2) is 46.9 Å². The van der Waals surface area contributed by atoms with E-state index in [-0.39, 0.29) is 24.9 Å². The second kappa shape index (κ2) is 44.7. The normalized spacial score (nSPS) is 13.8. The van der Waals surface area contributed by atoms with Crippen molar-refractivity contribution in [1.29, 1.82) is 0 Å².